The van der Waals surface area contributed by atoms with Gasteiger partial charge in [0.1, 0.15) is 11.6 Å². The zero-order valence-electron chi connectivity index (χ0n) is 10.1. The summed E-state index contributed by atoms with van der Waals surface area (Å²) >= 11 is 0. The Morgan fingerprint density at radius 2 is 2.06 bits per heavy atom. The lowest BCUT2D eigenvalue weighted by Gasteiger charge is -2.06. The number of hydrogen-bond acceptors (Lipinski definition) is 3. The van der Waals surface area contributed by atoms with Crippen molar-refractivity contribution in [2.24, 2.45) is 0 Å². The van der Waals surface area contributed by atoms with Gasteiger partial charge in [-0.2, -0.15) is 0 Å². The number of fused-ring (bicyclic) bond motifs is 1. The Balaban J connectivity index is 2.26. The van der Waals surface area contributed by atoms with Gasteiger partial charge in [-0.25, -0.2) is 0 Å². The van der Waals surface area contributed by atoms with Crippen LogP contribution in [-0.4, -0.2) is 23.0 Å². The van der Waals surface area contributed by atoms with Crippen LogP contribution < -0.4 is 5.32 Å². The summed E-state index contributed by atoms with van der Waals surface area (Å²) in [6.07, 6.45) is 0. The summed E-state index contributed by atoms with van der Waals surface area (Å²) in [6.45, 7) is 3.34. The molecule has 5 heteroatoms. The van der Waals surface area contributed by atoms with E-state index in [9.17, 15) is 9.59 Å². The number of hydrogen-bond donors (Lipinski definition) is 2. The Hall–Kier alpha value is -2.30. The second-order valence-electron chi connectivity index (χ2n) is 4.19. The molecule has 0 aliphatic heterocycles. The van der Waals surface area contributed by atoms with Gasteiger partial charge < -0.3 is 14.8 Å². The van der Waals surface area contributed by atoms with Crippen LogP contribution in [0, 0.1) is 6.92 Å². The third-order valence-electron chi connectivity index (χ3n) is 2.61. The van der Waals surface area contributed by atoms with Gasteiger partial charge in [-0.1, -0.05) is 11.6 Å². The molecule has 0 fully saturated rings. The molecule has 2 rings (SSSR count). The first-order valence-corrected chi connectivity index (χ1v) is 5.51. The monoisotopic (exact) mass is 247 g/mol. The van der Waals surface area contributed by atoms with Gasteiger partial charge in [0, 0.05) is 5.39 Å². The number of carboxylic acids is 1. The van der Waals surface area contributed by atoms with Crippen molar-refractivity contribution in [3.8, 4) is 0 Å². The standard InChI is InChI=1S/C13H13NO4/c1-7-3-4-10-9(5-7)6-11(18-10)12(15)14-8(2)13(16)17/h3-6,8H,1-2H3,(H,14,15)(H,16,17)/t8-/m1/s1. The molecule has 2 aromatic rings. The van der Waals surface area contributed by atoms with Crippen LogP contribution in [0.15, 0.2) is 28.7 Å². The molecule has 0 spiro atoms. The fourth-order valence-corrected chi connectivity index (χ4v) is 1.60. The van der Waals surface area contributed by atoms with Crippen molar-refractivity contribution in [3.63, 3.8) is 0 Å². The molecule has 1 heterocycles. The second-order valence-corrected chi connectivity index (χ2v) is 4.19. The first kappa shape index (κ1) is 12.2. The van der Waals surface area contributed by atoms with Crippen LogP contribution in [0.25, 0.3) is 11.0 Å². The molecule has 0 unspecified atom stereocenters. The van der Waals surface area contributed by atoms with E-state index < -0.39 is 17.9 Å². The van der Waals surface area contributed by atoms with E-state index in [0.717, 1.165) is 10.9 Å². The largest absolute Gasteiger partial charge is 0.480 e. The minimum atomic E-state index is -1.09. The van der Waals surface area contributed by atoms with Crippen LogP contribution in [0.4, 0.5) is 0 Å². The van der Waals surface area contributed by atoms with Gasteiger partial charge in [0.2, 0.25) is 0 Å². The van der Waals surface area contributed by atoms with Crippen LogP contribution in [0.5, 0.6) is 0 Å². The minimum absolute atomic E-state index is 0.115. The lowest BCUT2D eigenvalue weighted by molar-refractivity contribution is -0.138. The Kier molecular flexibility index (Phi) is 3.06. The number of benzene rings is 1. The van der Waals surface area contributed by atoms with Gasteiger partial charge in [0.15, 0.2) is 5.76 Å². The molecule has 94 valence electrons. The van der Waals surface area contributed by atoms with E-state index >= 15 is 0 Å². The van der Waals surface area contributed by atoms with E-state index in [0.29, 0.717) is 5.58 Å². The molecule has 1 atom stereocenters. The molecule has 0 saturated heterocycles. The topological polar surface area (TPSA) is 79.5 Å². The van der Waals surface area contributed by atoms with Gasteiger partial charge in [-0.05, 0) is 32.0 Å². The maximum Gasteiger partial charge on any atom is 0.325 e. The fraction of sp³-hybridized carbons (Fsp3) is 0.231. The minimum Gasteiger partial charge on any atom is -0.480 e. The van der Waals surface area contributed by atoms with Crippen LogP contribution in [0.2, 0.25) is 0 Å². The van der Waals surface area contributed by atoms with Crippen LogP contribution >= 0.6 is 0 Å². The first-order valence-electron chi connectivity index (χ1n) is 5.51. The summed E-state index contributed by atoms with van der Waals surface area (Å²) in [5.41, 5.74) is 1.67. The zero-order chi connectivity index (χ0) is 13.3. The SMILES string of the molecule is Cc1ccc2oc(C(=O)N[C@H](C)C(=O)O)cc2c1. The van der Waals surface area contributed by atoms with Gasteiger partial charge in [0.05, 0.1) is 0 Å². The second kappa shape index (κ2) is 4.52. The lowest BCUT2D eigenvalue weighted by atomic mass is 10.2. The van der Waals surface area contributed by atoms with Gasteiger partial charge in [-0.3, -0.25) is 9.59 Å². The average molecular weight is 247 g/mol. The van der Waals surface area contributed by atoms with E-state index in [4.69, 9.17) is 9.52 Å². The number of aliphatic carboxylic acids is 1. The van der Waals surface area contributed by atoms with Crippen molar-refractivity contribution in [2.75, 3.05) is 0 Å². The Morgan fingerprint density at radius 3 is 2.72 bits per heavy atom. The van der Waals surface area contributed by atoms with Gasteiger partial charge in [-0.15, -0.1) is 0 Å². The maximum absolute atomic E-state index is 11.7. The Bertz CT molecular complexity index is 614. The highest BCUT2D eigenvalue weighted by Gasteiger charge is 2.18. The number of aryl methyl sites for hydroxylation is 1. The van der Waals surface area contributed by atoms with E-state index in [-0.39, 0.29) is 5.76 Å². The average Bonchev–Trinajstić information content (AvgIpc) is 2.71. The van der Waals surface area contributed by atoms with E-state index in [1.54, 1.807) is 12.1 Å². The third-order valence-corrected chi connectivity index (χ3v) is 2.61. The summed E-state index contributed by atoms with van der Waals surface area (Å²) in [4.78, 5) is 22.4. The van der Waals surface area contributed by atoms with Crippen molar-refractivity contribution in [1.29, 1.82) is 0 Å². The van der Waals surface area contributed by atoms with Crippen molar-refractivity contribution in [2.45, 2.75) is 19.9 Å². The van der Waals surface area contributed by atoms with Crippen LogP contribution in [-0.2, 0) is 4.79 Å². The fourth-order valence-electron chi connectivity index (χ4n) is 1.60. The molecule has 1 amide bonds. The molecule has 5 nitrogen and oxygen atoms in total. The highest BCUT2D eigenvalue weighted by atomic mass is 16.4. The lowest BCUT2D eigenvalue weighted by Crippen LogP contribution is -2.38. The smallest absolute Gasteiger partial charge is 0.325 e. The summed E-state index contributed by atoms with van der Waals surface area (Å²) in [6, 6.07) is 6.21. The van der Waals surface area contributed by atoms with E-state index in [2.05, 4.69) is 5.32 Å². The number of carbonyl (C=O) groups is 2. The van der Waals surface area contributed by atoms with Crippen molar-refractivity contribution >= 4 is 22.8 Å². The van der Waals surface area contributed by atoms with Gasteiger partial charge in [0.25, 0.3) is 5.91 Å². The van der Waals surface area contributed by atoms with E-state index in [1.807, 2.05) is 19.1 Å². The molecule has 0 bridgehead atoms. The highest BCUT2D eigenvalue weighted by Crippen LogP contribution is 2.20. The number of furan rings is 1. The molecular weight excluding hydrogens is 234 g/mol. The zero-order valence-corrected chi connectivity index (χ0v) is 10.1. The van der Waals surface area contributed by atoms with Crippen molar-refractivity contribution < 1.29 is 19.1 Å². The summed E-state index contributed by atoms with van der Waals surface area (Å²) in [5.74, 6) is -1.50. The number of amides is 1. The molecule has 0 radical (unpaired) electrons. The number of nitrogens with one attached hydrogen (secondary N) is 1. The molecule has 1 aromatic heterocycles. The summed E-state index contributed by atoms with van der Waals surface area (Å²) in [7, 11) is 0. The van der Waals surface area contributed by atoms with Crippen molar-refractivity contribution in [3.05, 3.63) is 35.6 Å². The number of carbonyl (C=O) groups excluding carboxylic acids is 1. The normalized spacial score (nSPS) is 12.3. The highest BCUT2D eigenvalue weighted by molar-refractivity contribution is 5.97. The van der Waals surface area contributed by atoms with Crippen LogP contribution in [0.3, 0.4) is 0 Å². The quantitative estimate of drug-likeness (QED) is 0.868. The molecule has 2 N–H and O–H groups in total. The molecule has 1 aromatic carbocycles. The maximum atomic E-state index is 11.7. The molecule has 0 aliphatic carbocycles. The number of carboxylic acid groups (broad SMARTS) is 1. The summed E-state index contributed by atoms with van der Waals surface area (Å²) in [5, 5.41) is 11.9. The summed E-state index contributed by atoms with van der Waals surface area (Å²) < 4.78 is 5.36. The Labute approximate surface area is 103 Å². The molecule has 18 heavy (non-hydrogen) atoms. The molecule has 0 aliphatic rings. The van der Waals surface area contributed by atoms with E-state index in [1.165, 1.54) is 6.92 Å². The third kappa shape index (κ3) is 2.34. The Morgan fingerprint density at radius 1 is 1.33 bits per heavy atom. The predicted molar refractivity (Wildman–Crippen MR) is 65.5 cm³/mol. The number of rotatable bonds is 3. The van der Waals surface area contributed by atoms with Crippen molar-refractivity contribution in [1.82, 2.24) is 5.32 Å². The molecular formula is C13H13NO4. The first-order chi connectivity index (χ1) is 8.47. The van der Waals surface area contributed by atoms with Crippen LogP contribution in [0.1, 0.15) is 23.0 Å². The van der Waals surface area contributed by atoms with Gasteiger partial charge >= 0.3 is 5.97 Å². The molecule has 0 saturated carbocycles. The predicted octanol–water partition coefficient (Wildman–Crippen LogP) is 1.94.